The smallest absolute Gasteiger partial charge is 0.259 e. The molecule has 5 rings (SSSR count). The zero-order chi connectivity index (χ0) is 24.4. The Bertz CT molecular complexity index is 1460. The van der Waals surface area contributed by atoms with Gasteiger partial charge >= 0.3 is 0 Å². The highest BCUT2D eigenvalue weighted by Crippen LogP contribution is 2.36. The molecule has 8 heteroatoms. The van der Waals surface area contributed by atoms with Gasteiger partial charge in [-0.3, -0.25) is 14.6 Å². The minimum Gasteiger partial charge on any atom is -0.346 e. The first-order valence-corrected chi connectivity index (χ1v) is 12.1. The number of carbonyl (C=O) groups excluding carboxylic acids is 2. The van der Waals surface area contributed by atoms with Gasteiger partial charge in [-0.05, 0) is 48.5 Å². The Morgan fingerprint density at radius 3 is 2.51 bits per heavy atom. The van der Waals surface area contributed by atoms with E-state index in [1.165, 1.54) is 17.0 Å². The zero-order valence-corrected chi connectivity index (χ0v) is 19.3. The van der Waals surface area contributed by atoms with Gasteiger partial charge in [-0.15, -0.1) is 0 Å². The van der Waals surface area contributed by atoms with E-state index in [1.807, 2.05) is 6.07 Å². The van der Waals surface area contributed by atoms with Gasteiger partial charge in [-0.1, -0.05) is 36.4 Å². The molecule has 0 fully saturated rings. The Kier molecular flexibility index (Phi) is 6.20. The highest BCUT2D eigenvalue weighted by molar-refractivity contribution is 7.85. The average molecular weight is 486 g/mol. The van der Waals surface area contributed by atoms with E-state index in [-0.39, 0.29) is 30.1 Å². The van der Waals surface area contributed by atoms with Crippen molar-refractivity contribution in [3.8, 4) is 0 Å². The molecule has 2 amide bonds. The van der Waals surface area contributed by atoms with Crippen molar-refractivity contribution in [3.05, 3.63) is 119 Å². The molecular formula is C27H20FN3O3S. The van der Waals surface area contributed by atoms with E-state index in [9.17, 15) is 18.2 Å². The summed E-state index contributed by atoms with van der Waals surface area (Å²) in [6.07, 6.45) is 1.64. The van der Waals surface area contributed by atoms with Crippen molar-refractivity contribution >= 4 is 28.3 Å². The maximum absolute atomic E-state index is 14.5. The number of hydrogen-bond acceptors (Lipinski definition) is 4. The molecule has 0 saturated carbocycles. The third kappa shape index (κ3) is 4.48. The molecule has 1 N–H and O–H groups in total. The number of halogens is 1. The molecule has 0 aliphatic carbocycles. The van der Waals surface area contributed by atoms with Crippen LogP contribution in [0, 0.1) is 5.82 Å². The summed E-state index contributed by atoms with van der Waals surface area (Å²) >= 11 is 0. The third-order valence-corrected chi connectivity index (χ3v) is 7.22. The number of benzene rings is 3. The molecule has 0 radical (unpaired) electrons. The standard InChI is InChI=1S/C27H20FN3O3S/c28-22-10-3-1-7-19(22)17-31-23-15-18(26(32)30-16-20-8-5-6-14-29-20)12-13-25(23)35(34)24-11-4-2-9-21(24)27(31)33/h1-15H,16-17H2,(H,30,32)/t35-/m0/s1. The molecule has 3 aromatic carbocycles. The molecular weight excluding hydrogens is 465 g/mol. The molecule has 0 spiro atoms. The second-order valence-corrected chi connectivity index (χ2v) is 9.35. The molecule has 1 aromatic heterocycles. The van der Waals surface area contributed by atoms with Gasteiger partial charge in [0, 0.05) is 17.3 Å². The first-order chi connectivity index (χ1) is 17.0. The molecule has 0 bridgehead atoms. The topological polar surface area (TPSA) is 79.4 Å². The number of pyridine rings is 1. The third-order valence-electron chi connectivity index (χ3n) is 5.72. The fraction of sp³-hybridized carbons (Fsp3) is 0.0741. The van der Waals surface area contributed by atoms with Crippen LogP contribution in [0.3, 0.4) is 0 Å². The highest BCUT2D eigenvalue weighted by Gasteiger charge is 2.32. The van der Waals surface area contributed by atoms with E-state index in [0.29, 0.717) is 26.7 Å². The van der Waals surface area contributed by atoms with Gasteiger partial charge < -0.3 is 10.2 Å². The molecule has 35 heavy (non-hydrogen) atoms. The van der Waals surface area contributed by atoms with Crippen LogP contribution < -0.4 is 10.2 Å². The Labute approximate surface area is 203 Å². The van der Waals surface area contributed by atoms with Crippen LogP contribution in [0.4, 0.5) is 10.1 Å². The van der Waals surface area contributed by atoms with E-state index >= 15 is 0 Å². The van der Waals surface area contributed by atoms with Gasteiger partial charge in [0.1, 0.15) is 5.82 Å². The van der Waals surface area contributed by atoms with Crippen LogP contribution in [0.1, 0.15) is 32.0 Å². The number of carbonyl (C=O) groups is 2. The van der Waals surface area contributed by atoms with Gasteiger partial charge in [0.25, 0.3) is 11.8 Å². The SMILES string of the molecule is O=C(NCc1ccccn1)c1ccc2c(c1)N(Cc1ccccc1F)C(=O)c1ccccc1[S@@]2=O. The lowest BCUT2D eigenvalue weighted by Gasteiger charge is -2.24. The number of hydrogen-bond donors (Lipinski definition) is 1. The predicted molar refractivity (Wildman–Crippen MR) is 130 cm³/mol. The van der Waals surface area contributed by atoms with Gasteiger partial charge in [-0.2, -0.15) is 0 Å². The van der Waals surface area contributed by atoms with Gasteiger partial charge in [0.2, 0.25) is 0 Å². The lowest BCUT2D eigenvalue weighted by molar-refractivity contribution is 0.0947. The lowest BCUT2D eigenvalue weighted by Crippen LogP contribution is -2.31. The lowest BCUT2D eigenvalue weighted by atomic mass is 10.1. The second kappa shape index (κ2) is 9.60. The molecule has 1 aliphatic rings. The molecule has 0 unspecified atom stereocenters. The van der Waals surface area contributed by atoms with E-state index in [2.05, 4.69) is 10.3 Å². The summed E-state index contributed by atoms with van der Waals surface area (Å²) < 4.78 is 28.0. The zero-order valence-electron chi connectivity index (χ0n) is 18.5. The average Bonchev–Trinajstić information content (AvgIpc) is 2.98. The Hall–Kier alpha value is -4.17. The monoisotopic (exact) mass is 485 g/mol. The molecule has 6 nitrogen and oxygen atoms in total. The minimum atomic E-state index is -1.67. The Morgan fingerprint density at radius 2 is 1.71 bits per heavy atom. The number of amides is 2. The van der Waals surface area contributed by atoms with Gasteiger partial charge in [0.15, 0.2) is 0 Å². The van der Waals surface area contributed by atoms with Crippen molar-refractivity contribution in [1.82, 2.24) is 10.3 Å². The first kappa shape index (κ1) is 22.6. The normalized spacial score (nSPS) is 14.6. The van der Waals surface area contributed by atoms with Crippen LogP contribution in [-0.2, 0) is 23.9 Å². The van der Waals surface area contributed by atoms with Crippen LogP contribution >= 0.6 is 0 Å². The van der Waals surface area contributed by atoms with E-state index < -0.39 is 22.5 Å². The summed E-state index contributed by atoms with van der Waals surface area (Å²) in [4.78, 5) is 32.9. The molecule has 1 aliphatic heterocycles. The minimum absolute atomic E-state index is 0.0803. The van der Waals surface area contributed by atoms with E-state index in [4.69, 9.17) is 0 Å². The van der Waals surface area contributed by atoms with Crippen molar-refractivity contribution in [2.45, 2.75) is 22.9 Å². The summed E-state index contributed by atoms with van der Waals surface area (Å²) in [5.74, 6) is -1.24. The molecule has 4 aromatic rings. The fourth-order valence-corrected chi connectivity index (χ4v) is 5.28. The van der Waals surface area contributed by atoms with Gasteiger partial charge in [0.05, 0.1) is 50.6 Å². The van der Waals surface area contributed by atoms with Crippen LogP contribution in [0.25, 0.3) is 0 Å². The summed E-state index contributed by atoms with van der Waals surface area (Å²) in [5.41, 5.74) is 1.87. The van der Waals surface area contributed by atoms with Gasteiger partial charge in [-0.25, -0.2) is 8.60 Å². The molecule has 2 heterocycles. The Morgan fingerprint density at radius 1 is 0.943 bits per heavy atom. The number of nitrogens with zero attached hydrogens (tertiary/aromatic N) is 2. The number of nitrogens with one attached hydrogen (secondary N) is 1. The summed E-state index contributed by atoms with van der Waals surface area (Å²) in [7, 11) is -1.67. The number of aromatic nitrogens is 1. The summed E-state index contributed by atoms with van der Waals surface area (Å²) in [5, 5.41) is 2.81. The second-order valence-electron chi connectivity index (χ2n) is 7.93. The highest BCUT2D eigenvalue weighted by atomic mass is 32.2. The fourth-order valence-electron chi connectivity index (χ4n) is 3.93. The van der Waals surface area contributed by atoms with Crippen molar-refractivity contribution in [2.24, 2.45) is 0 Å². The first-order valence-electron chi connectivity index (χ1n) is 10.9. The van der Waals surface area contributed by atoms with Crippen LogP contribution in [-0.4, -0.2) is 21.0 Å². The van der Waals surface area contributed by atoms with E-state index in [1.54, 1.807) is 72.9 Å². The van der Waals surface area contributed by atoms with Crippen molar-refractivity contribution in [1.29, 1.82) is 0 Å². The quantitative estimate of drug-likeness (QED) is 0.452. The number of rotatable bonds is 5. The summed E-state index contributed by atoms with van der Waals surface area (Å²) in [6, 6.07) is 23.0. The molecule has 174 valence electrons. The van der Waals surface area contributed by atoms with Crippen molar-refractivity contribution < 1.29 is 18.2 Å². The van der Waals surface area contributed by atoms with Crippen molar-refractivity contribution in [3.63, 3.8) is 0 Å². The maximum atomic E-state index is 14.5. The molecule has 0 saturated heterocycles. The van der Waals surface area contributed by atoms with Crippen LogP contribution in [0.5, 0.6) is 0 Å². The summed E-state index contributed by atoms with van der Waals surface area (Å²) in [6.45, 7) is 0.148. The predicted octanol–water partition coefficient (Wildman–Crippen LogP) is 4.48. The largest absolute Gasteiger partial charge is 0.346 e. The number of anilines is 1. The number of fused-ring (bicyclic) bond motifs is 2. The van der Waals surface area contributed by atoms with Crippen LogP contribution in [0.15, 0.2) is 101 Å². The molecule has 1 atom stereocenters. The van der Waals surface area contributed by atoms with Crippen molar-refractivity contribution in [2.75, 3.05) is 4.90 Å². The van der Waals surface area contributed by atoms with Crippen LogP contribution in [0.2, 0.25) is 0 Å². The maximum Gasteiger partial charge on any atom is 0.259 e. The van der Waals surface area contributed by atoms with E-state index in [0.717, 1.165) is 0 Å². The Balaban J connectivity index is 1.56.